The van der Waals surface area contributed by atoms with E-state index in [1.54, 1.807) is 24.1 Å². The van der Waals surface area contributed by atoms with Gasteiger partial charge in [0.15, 0.2) is 0 Å². The Labute approximate surface area is 123 Å². The van der Waals surface area contributed by atoms with Gasteiger partial charge in [-0.2, -0.15) is 0 Å². The topological polar surface area (TPSA) is 40.6 Å². The molecule has 0 bridgehead atoms. The largest absolute Gasteiger partial charge is 0.342 e. The number of benzene rings is 1. The van der Waals surface area contributed by atoms with Crippen molar-refractivity contribution in [2.75, 3.05) is 20.1 Å². The van der Waals surface area contributed by atoms with Crippen LogP contribution in [0.25, 0.3) is 0 Å². The lowest BCUT2D eigenvalue weighted by atomic mass is 9.92. The van der Waals surface area contributed by atoms with Gasteiger partial charge in [0, 0.05) is 26.6 Å². The Kier molecular flexibility index (Phi) is 3.66. The molecule has 2 aliphatic rings. The molecule has 2 saturated heterocycles. The zero-order chi connectivity index (χ0) is 15.0. The Morgan fingerprint density at radius 2 is 1.81 bits per heavy atom. The first-order chi connectivity index (χ1) is 10.1. The summed E-state index contributed by atoms with van der Waals surface area (Å²) in [5.74, 6) is -0.638. The van der Waals surface area contributed by atoms with Gasteiger partial charge in [-0.1, -0.05) is 12.1 Å². The molecule has 3 rings (SSSR count). The lowest BCUT2D eigenvalue weighted by molar-refractivity contribution is -0.135. The van der Waals surface area contributed by atoms with E-state index in [0.717, 1.165) is 31.5 Å². The van der Waals surface area contributed by atoms with E-state index in [1.165, 1.54) is 12.1 Å². The normalized spacial score (nSPS) is 25.7. The van der Waals surface area contributed by atoms with E-state index in [9.17, 15) is 14.0 Å². The highest BCUT2D eigenvalue weighted by Crippen LogP contribution is 2.38. The maximum absolute atomic E-state index is 13.1. The van der Waals surface area contributed by atoms with E-state index in [0.29, 0.717) is 0 Å². The Hall–Kier alpha value is -1.91. The molecule has 21 heavy (non-hydrogen) atoms. The Bertz CT molecular complexity index is 552. The fraction of sp³-hybridized carbons (Fsp3) is 0.500. The van der Waals surface area contributed by atoms with Crippen LogP contribution in [0.1, 0.15) is 30.9 Å². The van der Waals surface area contributed by atoms with Crippen LogP contribution >= 0.6 is 0 Å². The molecule has 4 nitrogen and oxygen atoms in total. The van der Waals surface area contributed by atoms with Crippen molar-refractivity contribution in [1.29, 1.82) is 0 Å². The fourth-order valence-electron chi connectivity index (χ4n) is 3.38. The van der Waals surface area contributed by atoms with Crippen molar-refractivity contribution in [3.05, 3.63) is 35.6 Å². The minimum atomic E-state index is -0.355. The fourth-order valence-corrected chi connectivity index (χ4v) is 3.38. The number of carbonyl (C=O) groups is 2. The summed E-state index contributed by atoms with van der Waals surface area (Å²) in [4.78, 5) is 28.2. The van der Waals surface area contributed by atoms with Crippen molar-refractivity contribution in [3.63, 3.8) is 0 Å². The summed E-state index contributed by atoms with van der Waals surface area (Å²) < 4.78 is 13.1. The molecule has 0 radical (unpaired) electrons. The molecule has 2 amide bonds. The van der Waals surface area contributed by atoms with Crippen LogP contribution in [-0.2, 0) is 9.59 Å². The average Bonchev–Trinajstić information content (AvgIpc) is 3.09. The smallest absolute Gasteiger partial charge is 0.228 e. The van der Waals surface area contributed by atoms with Gasteiger partial charge in [0.25, 0.3) is 0 Å². The van der Waals surface area contributed by atoms with Crippen LogP contribution in [0.15, 0.2) is 24.3 Å². The summed E-state index contributed by atoms with van der Waals surface area (Å²) in [7, 11) is 1.72. The minimum Gasteiger partial charge on any atom is -0.342 e. The van der Waals surface area contributed by atoms with Gasteiger partial charge in [0.2, 0.25) is 11.8 Å². The van der Waals surface area contributed by atoms with E-state index in [1.807, 2.05) is 4.90 Å². The van der Waals surface area contributed by atoms with Crippen LogP contribution in [0, 0.1) is 11.7 Å². The van der Waals surface area contributed by atoms with Crippen LogP contribution in [0.2, 0.25) is 0 Å². The van der Waals surface area contributed by atoms with Crippen molar-refractivity contribution in [2.24, 2.45) is 5.92 Å². The predicted molar refractivity (Wildman–Crippen MR) is 75.8 cm³/mol. The van der Waals surface area contributed by atoms with E-state index in [4.69, 9.17) is 0 Å². The highest BCUT2D eigenvalue weighted by atomic mass is 19.1. The number of likely N-dealkylation sites (tertiary alicyclic amines) is 2. The number of rotatable bonds is 2. The third kappa shape index (κ3) is 2.52. The van der Waals surface area contributed by atoms with Crippen LogP contribution < -0.4 is 0 Å². The quantitative estimate of drug-likeness (QED) is 0.835. The van der Waals surface area contributed by atoms with Gasteiger partial charge in [0.05, 0.1) is 12.0 Å². The molecular weight excluding hydrogens is 271 g/mol. The zero-order valence-corrected chi connectivity index (χ0v) is 12.1. The van der Waals surface area contributed by atoms with Crippen molar-refractivity contribution < 1.29 is 14.0 Å². The molecule has 5 heteroatoms. The SMILES string of the molecule is CN1C(=O)C[C@@H](C(=O)N2CCCC2)[C@@H]1c1ccc(F)cc1. The monoisotopic (exact) mass is 290 g/mol. The van der Waals surface area contributed by atoms with Gasteiger partial charge < -0.3 is 9.80 Å². The molecule has 2 aliphatic heterocycles. The van der Waals surface area contributed by atoms with Gasteiger partial charge in [-0.15, -0.1) is 0 Å². The highest BCUT2D eigenvalue weighted by molar-refractivity contribution is 5.90. The van der Waals surface area contributed by atoms with Gasteiger partial charge in [-0.05, 0) is 30.5 Å². The lowest BCUT2D eigenvalue weighted by Gasteiger charge is -2.27. The molecular formula is C16H19FN2O2. The third-order valence-electron chi connectivity index (χ3n) is 4.53. The maximum atomic E-state index is 13.1. The molecule has 0 N–H and O–H groups in total. The van der Waals surface area contributed by atoms with Crippen molar-refractivity contribution in [2.45, 2.75) is 25.3 Å². The van der Waals surface area contributed by atoms with E-state index in [-0.39, 0.29) is 36.0 Å². The van der Waals surface area contributed by atoms with Crippen LogP contribution in [0.3, 0.4) is 0 Å². The summed E-state index contributed by atoms with van der Waals surface area (Å²) in [5, 5.41) is 0. The molecule has 112 valence electrons. The molecule has 2 heterocycles. The van der Waals surface area contributed by atoms with E-state index in [2.05, 4.69) is 0 Å². The number of hydrogen-bond acceptors (Lipinski definition) is 2. The van der Waals surface area contributed by atoms with Gasteiger partial charge >= 0.3 is 0 Å². The van der Waals surface area contributed by atoms with Crippen LogP contribution in [0.4, 0.5) is 4.39 Å². The van der Waals surface area contributed by atoms with Gasteiger partial charge in [-0.3, -0.25) is 9.59 Å². The first kappa shape index (κ1) is 14.0. The second-order valence-electron chi connectivity index (χ2n) is 5.84. The van der Waals surface area contributed by atoms with Crippen molar-refractivity contribution in [1.82, 2.24) is 9.80 Å². The molecule has 1 aromatic rings. The second-order valence-corrected chi connectivity index (χ2v) is 5.84. The zero-order valence-electron chi connectivity index (χ0n) is 12.1. The van der Waals surface area contributed by atoms with Crippen LogP contribution in [0.5, 0.6) is 0 Å². The number of carbonyl (C=O) groups excluding carboxylic acids is 2. The van der Waals surface area contributed by atoms with Crippen molar-refractivity contribution >= 4 is 11.8 Å². The summed E-state index contributed by atoms with van der Waals surface area (Å²) in [6.45, 7) is 1.56. The molecule has 0 saturated carbocycles. The Balaban J connectivity index is 1.88. The van der Waals surface area contributed by atoms with Gasteiger partial charge in [0.1, 0.15) is 5.82 Å². The summed E-state index contributed by atoms with van der Waals surface area (Å²) in [6, 6.07) is 5.80. The highest BCUT2D eigenvalue weighted by Gasteiger charge is 2.44. The summed E-state index contributed by atoms with van der Waals surface area (Å²) in [6.07, 6.45) is 2.31. The number of nitrogens with zero attached hydrogens (tertiary/aromatic N) is 2. The summed E-state index contributed by atoms with van der Waals surface area (Å²) >= 11 is 0. The molecule has 0 aromatic heterocycles. The Morgan fingerprint density at radius 1 is 1.19 bits per heavy atom. The molecule has 0 aliphatic carbocycles. The molecule has 0 unspecified atom stereocenters. The van der Waals surface area contributed by atoms with Crippen molar-refractivity contribution in [3.8, 4) is 0 Å². The second kappa shape index (κ2) is 5.47. The summed E-state index contributed by atoms with van der Waals surface area (Å²) in [5.41, 5.74) is 0.822. The third-order valence-corrected chi connectivity index (χ3v) is 4.53. The standard InChI is InChI=1S/C16H19FN2O2/c1-18-14(20)10-13(16(21)19-8-2-3-9-19)15(18)11-4-6-12(17)7-5-11/h4-7,13,15H,2-3,8-10H2,1H3/t13-,15+/m1/s1. The first-order valence-electron chi connectivity index (χ1n) is 7.38. The number of hydrogen-bond donors (Lipinski definition) is 0. The lowest BCUT2D eigenvalue weighted by Crippen LogP contribution is -2.36. The average molecular weight is 290 g/mol. The van der Waals surface area contributed by atoms with Crippen LogP contribution in [-0.4, -0.2) is 41.8 Å². The molecule has 2 fully saturated rings. The molecule has 0 spiro atoms. The molecule has 2 atom stereocenters. The minimum absolute atomic E-state index is 0.0260. The van der Waals surface area contributed by atoms with E-state index < -0.39 is 0 Å². The first-order valence-corrected chi connectivity index (χ1v) is 7.38. The Morgan fingerprint density at radius 3 is 2.43 bits per heavy atom. The maximum Gasteiger partial charge on any atom is 0.228 e. The number of amides is 2. The predicted octanol–water partition coefficient (Wildman–Crippen LogP) is 1.97. The number of halogens is 1. The van der Waals surface area contributed by atoms with E-state index >= 15 is 0 Å². The van der Waals surface area contributed by atoms with Gasteiger partial charge in [-0.25, -0.2) is 4.39 Å². The molecule has 1 aromatic carbocycles.